The number of nitrogens with zero attached hydrogens (tertiary/aromatic N) is 2. The van der Waals surface area contributed by atoms with E-state index in [0.29, 0.717) is 23.9 Å². The number of carbonyl (C=O) groups excluding carboxylic acids is 1. The van der Waals surface area contributed by atoms with E-state index in [1.54, 1.807) is 19.1 Å². The van der Waals surface area contributed by atoms with Crippen LogP contribution in [0.2, 0.25) is 0 Å². The molecule has 0 aliphatic carbocycles. The van der Waals surface area contributed by atoms with E-state index in [1.165, 1.54) is 6.26 Å². The summed E-state index contributed by atoms with van der Waals surface area (Å²) < 4.78 is 10.4. The predicted octanol–water partition coefficient (Wildman–Crippen LogP) is 2.81. The molecule has 0 bridgehead atoms. The summed E-state index contributed by atoms with van der Waals surface area (Å²) in [5, 5.41) is 10.5. The van der Waals surface area contributed by atoms with Crippen molar-refractivity contribution in [3.05, 3.63) is 65.8 Å². The summed E-state index contributed by atoms with van der Waals surface area (Å²) in [6, 6.07) is 10.7. The van der Waals surface area contributed by atoms with Crippen molar-refractivity contribution in [2.75, 3.05) is 5.32 Å². The Balaban J connectivity index is 1.65. The second-order valence-corrected chi connectivity index (χ2v) is 4.52. The monoisotopic (exact) mass is 283 g/mol. The van der Waals surface area contributed by atoms with Gasteiger partial charge in [-0.25, -0.2) is 0 Å². The van der Waals surface area contributed by atoms with Crippen LogP contribution >= 0.6 is 0 Å². The van der Waals surface area contributed by atoms with Gasteiger partial charge >= 0.3 is 0 Å². The van der Waals surface area contributed by atoms with Crippen molar-refractivity contribution in [2.45, 2.75) is 13.3 Å². The van der Waals surface area contributed by atoms with E-state index in [4.69, 9.17) is 8.83 Å². The third-order valence-electron chi connectivity index (χ3n) is 2.88. The zero-order valence-corrected chi connectivity index (χ0v) is 11.4. The Bertz CT molecular complexity index is 730. The third-order valence-corrected chi connectivity index (χ3v) is 2.88. The summed E-state index contributed by atoms with van der Waals surface area (Å²) in [5.74, 6) is 1.12. The number of aryl methyl sites for hydroxylation is 1. The summed E-state index contributed by atoms with van der Waals surface area (Å²) in [6.45, 7) is 1.75. The Hall–Kier alpha value is -2.89. The van der Waals surface area contributed by atoms with E-state index in [2.05, 4.69) is 15.5 Å². The SMILES string of the molecule is Cc1nnc(Cc2ccc(NC(=O)c3ccco3)cc2)o1. The minimum absolute atomic E-state index is 0.278. The molecule has 2 heterocycles. The number of hydrogen-bond donors (Lipinski definition) is 1. The first-order valence-electron chi connectivity index (χ1n) is 6.43. The number of furan rings is 1. The predicted molar refractivity (Wildman–Crippen MR) is 74.9 cm³/mol. The Labute approximate surface area is 120 Å². The van der Waals surface area contributed by atoms with Crippen LogP contribution in [0.5, 0.6) is 0 Å². The van der Waals surface area contributed by atoms with Gasteiger partial charge in [-0.15, -0.1) is 10.2 Å². The maximum atomic E-state index is 11.8. The van der Waals surface area contributed by atoms with Crippen molar-refractivity contribution in [2.24, 2.45) is 0 Å². The molecule has 0 fully saturated rings. The molecule has 0 spiro atoms. The summed E-state index contributed by atoms with van der Waals surface area (Å²) in [6.07, 6.45) is 2.03. The zero-order chi connectivity index (χ0) is 14.7. The van der Waals surface area contributed by atoms with E-state index in [0.717, 1.165) is 5.56 Å². The first-order valence-corrected chi connectivity index (χ1v) is 6.43. The highest BCUT2D eigenvalue weighted by molar-refractivity contribution is 6.02. The van der Waals surface area contributed by atoms with Crippen molar-refractivity contribution in [3.63, 3.8) is 0 Å². The molecule has 0 aliphatic rings. The van der Waals surface area contributed by atoms with Crippen LogP contribution in [0.3, 0.4) is 0 Å². The van der Waals surface area contributed by atoms with Crippen molar-refractivity contribution in [1.29, 1.82) is 0 Å². The van der Waals surface area contributed by atoms with Crippen molar-refractivity contribution in [3.8, 4) is 0 Å². The lowest BCUT2D eigenvalue weighted by Crippen LogP contribution is -2.10. The topological polar surface area (TPSA) is 81.2 Å². The van der Waals surface area contributed by atoms with Gasteiger partial charge in [0.05, 0.1) is 12.7 Å². The maximum Gasteiger partial charge on any atom is 0.291 e. The normalized spacial score (nSPS) is 10.5. The van der Waals surface area contributed by atoms with Crippen molar-refractivity contribution in [1.82, 2.24) is 10.2 Å². The molecule has 1 N–H and O–H groups in total. The smallest absolute Gasteiger partial charge is 0.291 e. The standard InChI is InChI=1S/C15H13N3O3/c1-10-17-18-14(21-10)9-11-4-6-12(7-5-11)16-15(19)13-3-2-8-20-13/h2-8H,9H2,1H3,(H,16,19). The lowest BCUT2D eigenvalue weighted by atomic mass is 10.1. The number of benzene rings is 1. The van der Waals surface area contributed by atoms with Gasteiger partial charge in [0, 0.05) is 12.6 Å². The fourth-order valence-corrected chi connectivity index (χ4v) is 1.89. The number of rotatable bonds is 4. The van der Waals surface area contributed by atoms with Crippen LogP contribution in [0.25, 0.3) is 0 Å². The molecule has 0 radical (unpaired) electrons. The van der Waals surface area contributed by atoms with E-state index in [9.17, 15) is 4.79 Å². The van der Waals surface area contributed by atoms with Crippen molar-refractivity contribution >= 4 is 11.6 Å². The summed E-state index contributed by atoms with van der Waals surface area (Å²) >= 11 is 0. The van der Waals surface area contributed by atoms with Gasteiger partial charge in [-0.1, -0.05) is 12.1 Å². The highest BCUT2D eigenvalue weighted by atomic mass is 16.4. The molecule has 0 saturated heterocycles. The molecule has 6 heteroatoms. The Morgan fingerprint density at radius 3 is 2.62 bits per heavy atom. The molecule has 106 valence electrons. The second-order valence-electron chi connectivity index (χ2n) is 4.52. The fraction of sp³-hybridized carbons (Fsp3) is 0.133. The van der Waals surface area contributed by atoms with Gasteiger partial charge in [-0.05, 0) is 29.8 Å². The number of aromatic nitrogens is 2. The van der Waals surface area contributed by atoms with Crippen LogP contribution in [0, 0.1) is 6.92 Å². The molecule has 6 nitrogen and oxygen atoms in total. The molecule has 0 atom stereocenters. The van der Waals surface area contributed by atoms with Gasteiger partial charge < -0.3 is 14.2 Å². The molecule has 1 amide bonds. The van der Waals surface area contributed by atoms with Crippen molar-refractivity contribution < 1.29 is 13.6 Å². The van der Waals surface area contributed by atoms with E-state index in [1.807, 2.05) is 24.3 Å². The summed E-state index contributed by atoms with van der Waals surface area (Å²) in [7, 11) is 0. The molecule has 0 aliphatic heterocycles. The molecule has 3 aromatic rings. The fourth-order valence-electron chi connectivity index (χ4n) is 1.89. The zero-order valence-electron chi connectivity index (χ0n) is 11.4. The second kappa shape index (κ2) is 5.62. The highest BCUT2D eigenvalue weighted by Crippen LogP contribution is 2.14. The molecule has 3 rings (SSSR count). The van der Waals surface area contributed by atoms with Gasteiger partial charge in [0.15, 0.2) is 5.76 Å². The van der Waals surface area contributed by atoms with E-state index < -0.39 is 0 Å². The van der Waals surface area contributed by atoms with Crippen LogP contribution in [-0.2, 0) is 6.42 Å². The number of anilines is 1. The van der Waals surface area contributed by atoms with Gasteiger partial charge in [0.1, 0.15) is 0 Å². The highest BCUT2D eigenvalue weighted by Gasteiger charge is 2.09. The molecule has 2 aromatic heterocycles. The van der Waals surface area contributed by atoms with Gasteiger partial charge in [-0.2, -0.15) is 0 Å². The maximum absolute atomic E-state index is 11.8. The van der Waals surface area contributed by atoms with Crippen LogP contribution in [-0.4, -0.2) is 16.1 Å². The summed E-state index contributed by atoms with van der Waals surface area (Å²) in [4.78, 5) is 11.8. The Morgan fingerprint density at radius 1 is 1.19 bits per heavy atom. The first kappa shape index (κ1) is 13.1. The molecular weight excluding hydrogens is 270 g/mol. The third kappa shape index (κ3) is 3.17. The van der Waals surface area contributed by atoms with Crippen LogP contribution in [0.1, 0.15) is 27.9 Å². The Morgan fingerprint density at radius 2 is 2.00 bits per heavy atom. The van der Waals surface area contributed by atoms with Gasteiger partial charge in [-0.3, -0.25) is 4.79 Å². The molecule has 0 unspecified atom stereocenters. The molecule has 1 aromatic carbocycles. The number of amides is 1. The molecule has 21 heavy (non-hydrogen) atoms. The van der Waals surface area contributed by atoms with Crippen LogP contribution < -0.4 is 5.32 Å². The average Bonchev–Trinajstić information content (AvgIpc) is 3.13. The molecule has 0 saturated carbocycles. The van der Waals surface area contributed by atoms with E-state index in [-0.39, 0.29) is 11.7 Å². The minimum Gasteiger partial charge on any atom is -0.459 e. The van der Waals surface area contributed by atoms with Gasteiger partial charge in [0.25, 0.3) is 5.91 Å². The first-order chi connectivity index (χ1) is 10.2. The average molecular weight is 283 g/mol. The number of carbonyl (C=O) groups is 1. The minimum atomic E-state index is -0.278. The largest absolute Gasteiger partial charge is 0.459 e. The number of nitrogens with one attached hydrogen (secondary N) is 1. The van der Waals surface area contributed by atoms with Crippen LogP contribution in [0.15, 0.2) is 51.5 Å². The van der Waals surface area contributed by atoms with Crippen LogP contribution in [0.4, 0.5) is 5.69 Å². The van der Waals surface area contributed by atoms with E-state index >= 15 is 0 Å². The Kier molecular flexibility index (Phi) is 3.51. The number of hydrogen-bond acceptors (Lipinski definition) is 5. The van der Waals surface area contributed by atoms with Gasteiger partial charge in [0.2, 0.25) is 11.8 Å². The summed E-state index contributed by atoms with van der Waals surface area (Å²) in [5.41, 5.74) is 1.72. The lowest BCUT2D eigenvalue weighted by Gasteiger charge is -2.04. The molecular formula is C15H13N3O3. The quantitative estimate of drug-likeness (QED) is 0.796. The lowest BCUT2D eigenvalue weighted by molar-refractivity contribution is 0.0996.